The number of hydrogen-bond donors (Lipinski definition) is 0. The van der Waals surface area contributed by atoms with Crippen molar-refractivity contribution in [2.45, 2.75) is 40.0 Å². The molecule has 0 saturated carbocycles. The molecule has 0 aromatic rings. The molecule has 86 valence electrons. The summed E-state index contributed by atoms with van der Waals surface area (Å²) in [6.07, 6.45) is 6.74. The number of rotatable bonds is 7. The summed E-state index contributed by atoms with van der Waals surface area (Å²) in [5.41, 5.74) is 0.744. The van der Waals surface area contributed by atoms with Crippen molar-refractivity contribution >= 4 is 5.78 Å². The van der Waals surface area contributed by atoms with E-state index in [1.807, 2.05) is 27.0 Å². The normalized spacial score (nSPS) is 13.5. The van der Waals surface area contributed by atoms with Gasteiger partial charge in [-0.1, -0.05) is 39.3 Å². The Morgan fingerprint density at radius 3 is 2.53 bits per heavy atom. The lowest BCUT2D eigenvalue weighted by Crippen LogP contribution is -2.23. The Morgan fingerprint density at radius 2 is 2.13 bits per heavy atom. The van der Waals surface area contributed by atoms with Crippen LogP contribution in [0, 0.1) is 5.92 Å². The molecule has 0 aliphatic heterocycles. The summed E-state index contributed by atoms with van der Waals surface area (Å²) in [6, 6.07) is 0. The number of carbonyl (C=O) groups excluding carboxylic acids is 1. The van der Waals surface area contributed by atoms with E-state index < -0.39 is 0 Å². The van der Waals surface area contributed by atoms with E-state index in [1.165, 1.54) is 0 Å². The molecular weight excluding hydrogens is 186 g/mol. The van der Waals surface area contributed by atoms with E-state index in [0.717, 1.165) is 25.0 Å². The topological polar surface area (TPSA) is 20.3 Å². The minimum atomic E-state index is 0.110. The first-order valence-electron chi connectivity index (χ1n) is 5.64. The molecule has 0 radical (unpaired) electrons. The average molecular weight is 209 g/mol. The van der Waals surface area contributed by atoms with E-state index in [9.17, 15) is 4.79 Å². The van der Waals surface area contributed by atoms with Gasteiger partial charge in [0.15, 0.2) is 5.78 Å². The predicted octanol–water partition coefficient (Wildman–Crippen LogP) is 3.36. The Hall–Kier alpha value is -1.05. The van der Waals surface area contributed by atoms with Gasteiger partial charge in [-0.25, -0.2) is 0 Å². The van der Waals surface area contributed by atoms with Crippen molar-refractivity contribution in [1.29, 1.82) is 0 Å². The quantitative estimate of drug-likeness (QED) is 0.599. The molecule has 0 heterocycles. The zero-order chi connectivity index (χ0) is 11.8. The van der Waals surface area contributed by atoms with Gasteiger partial charge in [0, 0.05) is 13.0 Å². The number of ketones is 1. The molecule has 1 atom stereocenters. The summed E-state index contributed by atoms with van der Waals surface area (Å²) in [6.45, 7) is 9.70. The summed E-state index contributed by atoms with van der Waals surface area (Å²) in [5.74, 6) is 0.326. The molecule has 0 fully saturated rings. The second kappa shape index (κ2) is 7.27. The lowest BCUT2D eigenvalue weighted by molar-refractivity contribution is -0.120. The second-order valence-corrected chi connectivity index (χ2v) is 3.87. The van der Waals surface area contributed by atoms with Crippen molar-refractivity contribution in [1.82, 2.24) is 4.90 Å². The summed E-state index contributed by atoms with van der Waals surface area (Å²) in [7, 11) is 1.85. The van der Waals surface area contributed by atoms with Crippen LogP contribution in [0.3, 0.4) is 0 Å². The van der Waals surface area contributed by atoms with Crippen LogP contribution in [-0.4, -0.2) is 17.7 Å². The summed E-state index contributed by atoms with van der Waals surface area (Å²) in [4.78, 5) is 13.8. The van der Waals surface area contributed by atoms with E-state index in [0.29, 0.717) is 0 Å². The molecule has 0 bridgehead atoms. The third kappa shape index (κ3) is 4.32. The predicted molar refractivity (Wildman–Crippen MR) is 65.4 cm³/mol. The highest BCUT2D eigenvalue weighted by Gasteiger charge is 2.18. The Bertz CT molecular complexity index is 243. The van der Waals surface area contributed by atoms with E-state index in [-0.39, 0.29) is 11.7 Å². The van der Waals surface area contributed by atoms with Gasteiger partial charge in [0.2, 0.25) is 0 Å². The molecule has 0 aromatic carbocycles. The molecule has 0 aliphatic carbocycles. The molecule has 2 nitrogen and oxygen atoms in total. The number of hydrogen-bond acceptors (Lipinski definition) is 2. The molecule has 0 N–H and O–H groups in total. The molecular formula is C13H23NO. The highest BCUT2D eigenvalue weighted by atomic mass is 16.1. The molecule has 0 amide bonds. The number of unbranched alkanes of at least 4 members (excludes halogenated alkanes) is 1. The van der Waals surface area contributed by atoms with Crippen LogP contribution in [0.5, 0.6) is 0 Å². The van der Waals surface area contributed by atoms with E-state index in [4.69, 9.17) is 0 Å². The monoisotopic (exact) mass is 209 g/mol. The van der Waals surface area contributed by atoms with Gasteiger partial charge >= 0.3 is 0 Å². The molecule has 1 unspecified atom stereocenters. The van der Waals surface area contributed by atoms with Gasteiger partial charge in [-0.3, -0.25) is 4.79 Å². The van der Waals surface area contributed by atoms with Crippen LogP contribution in [0.2, 0.25) is 0 Å². The van der Waals surface area contributed by atoms with E-state index in [1.54, 1.807) is 11.1 Å². The van der Waals surface area contributed by atoms with Crippen LogP contribution < -0.4 is 0 Å². The Labute approximate surface area is 93.7 Å². The van der Waals surface area contributed by atoms with Gasteiger partial charge in [0.05, 0.1) is 5.70 Å². The maximum absolute atomic E-state index is 12.0. The summed E-state index contributed by atoms with van der Waals surface area (Å²) >= 11 is 0. The van der Waals surface area contributed by atoms with E-state index >= 15 is 0 Å². The Kier molecular flexibility index (Phi) is 6.76. The third-order valence-corrected chi connectivity index (χ3v) is 2.62. The first-order chi connectivity index (χ1) is 7.08. The molecule has 0 spiro atoms. The number of likely N-dealkylation sites (N-methyl/N-ethyl adjacent to an activating group) is 1. The van der Waals surface area contributed by atoms with Gasteiger partial charge in [0.25, 0.3) is 0 Å². The smallest absolute Gasteiger partial charge is 0.181 e. The largest absolute Gasteiger partial charge is 0.349 e. The molecule has 0 saturated heterocycles. The van der Waals surface area contributed by atoms with Gasteiger partial charge in [-0.2, -0.15) is 0 Å². The van der Waals surface area contributed by atoms with Gasteiger partial charge in [-0.05, 0) is 19.5 Å². The third-order valence-electron chi connectivity index (χ3n) is 2.62. The first kappa shape index (κ1) is 13.9. The number of nitrogens with zero attached hydrogens (tertiary/aromatic N) is 1. The fourth-order valence-electron chi connectivity index (χ4n) is 1.51. The molecule has 0 aromatic heterocycles. The Balaban J connectivity index is 4.46. The van der Waals surface area contributed by atoms with Crippen LogP contribution in [-0.2, 0) is 4.79 Å². The second-order valence-electron chi connectivity index (χ2n) is 3.87. The summed E-state index contributed by atoms with van der Waals surface area (Å²) < 4.78 is 0. The van der Waals surface area contributed by atoms with Crippen molar-refractivity contribution in [3.8, 4) is 0 Å². The van der Waals surface area contributed by atoms with Crippen LogP contribution in [0.1, 0.15) is 40.0 Å². The molecule has 0 aliphatic rings. The molecule has 2 heteroatoms. The maximum atomic E-state index is 12.0. The van der Waals surface area contributed by atoms with E-state index in [2.05, 4.69) is 13.5 Å². The highest BCUT2D eigenvalue weighted by Crippen LogP contribution is 2.15. The van der Waals surface area contributed by atoms with Crippen molar-refractivity contribution in [2.75, 3.05) is 7.05 Å². The zero-order valence-electron chi connectivity index (χ0n) is 10.4. The number of carbonyl (C=O) groups is 1. The fourth-order valence-corrected chi connectivity index (χ4v) is 1.51. The van der Waals surface area contributed by atoms with Crippen LogP contribution in [0.15, 0.2) is 24.6 Å². The van der Waals surface area contributed by atoms with Gasteiger partial charge in [-0.15, -0.1) is 0 Å². The first-order valence-corrected chi connectivity index (χ1v) is 5.64. The van der Waals surface area contributed by atoms with Gasteiger partial charge in [0.1, 0.15) is 0 Å². The van der Waals surface area contributed by atoms with Crippen LogP contribution >= 0.6 is 0 Å². The minimum absolute atomic E-state index is 0.110. The lowest BCUT2D eigenvalue weighted by atomic mass is 9.97. The fraction of sp³-hybridized carbons (Fsp3) is 0.615. The maximum Gasteiger partial charge on any atom is 0.181 e. The number of Topliss-reactive ketones (excluding diaryl/α,β-unsaturated/α-hetero) is 1. The standard InChI is InChI=1S/C13H23NO/c1-6-9-10-11(4)13(15)12(7-2)14(5)8-3/h7-8,11H,3,6,9-10H2,1-2,4-5H3. The average Bonchev–Trinajstić information content (AvgIpc) is 2.26. The number of allylic oxidation sites excluding steroid dienone is 2. The molecule has 15 heavy (non-hydrogen) atoms. The van der Waals surface area contributed by atoms with Gasteiger partial charge < -0.3 is 4.90 Å². The van der Waals surface area contributed by atoms with Crippen LogP contribution in [0.25, 0.3) is 0 Å². The Morgan fingerprint density at radius 1 is 1.53 bits per heavy atom. The lowest BCUT2D eigenvalue weighted by Gasteiger charge is -2.19. The minimum Gasteiger partial charge on any atom is -0.349 e. The molecule has 0 rings (SSSR count). The summed E-state index contributed by atoms with van der Waals surface area (Å²) in [5, 5.41) is 0. The van der Waals surface area contributed by atoms with Crippen molar-refractivity contribution < 1.29 is 4.79 Å². The van der Waals surface area contributed by atoms with Crippen molar-refractivity contribution in [3.63, 3.8) is 0 Å². The van der Waals surface area contributed by atoms with Crippen molar-refractivity contribution in [3.05, 3.63) is 24.6 Å². The van der Waals surface area contributed by atoms with Crippen molar-refractivity contribution in [2.24, 2.45) is 5.92 Å². The van der Waals surface area contributed by atoms with Crippen LogP contribution in [0.4, 0.5) is 0 Å². The SMILES string of the molecule is C=CN(C)C(=CC)C(=O)C(C)CCCC. The zero-order valence-corrected chi connectivity index (χ0v) is 10.4. The highest BCUT2D eigenvalue weighted by molar-refractivity contribution is 5.96.